The number of piperidine rings is 1. The standard InChI is InChI=1S/C19H40N4O2S/c1-7-20-19(22-17(5)10-13-26(6,24)25)21-14-18(15(2)3)23-11-8-16(4)9-12-23/h15-18H,7-14H2,1-6H3,(H2,20,21,22). The van der Waals surface area contributed by atoms with Gasteiger partial charge in [0.15, 0.2) is 5.96 Å². The first kappa shape index (κ1) is 23.2. The molecule has 1 saturated heterocycles. The molecule has 0 aliphatic carbocycles. The van der Waals surface area contributed by atoms with Crippen molar-refractivity contribution in [1.82, 2.24) is 15.5 Å². The van der Waals surface area contributed by atoms with Gasteiger partial charge in [0, 0.05) is 24.9 Å². The summed E-state index contributed by atoms with van der Waals surface area (Å²) >= 11 is 0. The van der Waals surface area contributed by atoms with Crippen LogP contribution >= 0.6 is 0 Å². The zero-order valence-corrected chi connectivity index (χ0v) is 18.4. The van der Waals surface area contributed by atoms with Gasteiger partial charge in [0.05, 0.1) is 12.3 Å². The maximum Gasteiger partial charge on any atom is 0.191 e. The number of rotatable bonds is 9. The molecule has 0 aromatic heterocycles. The molecule has 154 valence electrons. The zero-order valence-electron chi connectivity index (χ0n) is 17.6. The van der Waals surface area contributed by atoms with E-state index in [1.807, 2.05) is 13.8 Å². The van der Waals surface area contributed by atoms with Crippen LogP contribution < -0.4 is 10.6 Å². The molecule has 0 bridgehead atoms. The molecule has 2 atom stereocenters. The lowest BCUT2D eigenvalue weighted by molar-refractivity contribution is 0.113. The Bertz CT molecular complexity index is 526. The van der Waals surface area contributed by atoms with Crippen molar-refractivity contribution in [2.75, 3.05) is 38.2 Å². The van der Waals surface area contributed by atoms with Crippen molar-refractivity contribution in [1.29, 1.82) is 0 Å². The van der Waals surface area contributed by atoms with Gasteiger partial charge in [-0.25, -0.2) is 8.42 Å². The molecule has 0 radical (unpaired) electrons. The Balaban J connectivity index is 2.66. The lowest BCUT2D eigenvalue weighted by Gasteiger charge is -2.38. The molecule has 6 nitrogen and oxygen atoms in total. The summed E-state index contributed by atoms with van der Waals surface area (Å²) in [6, 6.07) is 0.514. The summed E-state index contributed by atoms with van der Waals surface area (Å²) in [7, 11) is -2.93. The van der Waals surface area contributed by atoms with Gasteiger partial charge < -0.3 is 10.6 Å². The second-order valence-electron chi connectivity index (χ2n) is 8.21. The Morgan fingerprint density at radius 1 is 1.23 bits per heavy atom. The molecule has 0 aromatic rings. The average molecular weight is 389 g/mol. The second kappa shape index (κ2) is 11.1. The van der Waals surface area contributed by atoms with Crippen molar-refractivity contribution in [2.24, 2.45) is 16.8 Å². The molecule has 1 aliphatic heterocycles. The van der Waals surface area contributed by atoms with E-state index in [0.717, 1.165) is 38.1 Å². The van der Waals surface area contributed by atoms with Crippen molar-refractivity contribution < 1.29 is 8.42 Å². The number of nitrogens with one attached hydrogen (secondary N) is 2. The number of aliphatic imine (C=N–C) groups is 1. The third kappa shape index (κ3) is 9.21. The van der Waals surface area contributed by atoms with E-state index in [1.165, 1.54) is 19.1 Å². The molecule has 0 spiro atoms. The third-order valence-electron chi connectivity index (χ3n) is 5.14. The summed E-state index contributed by atoms with van der Waals surface area (Å²) in [6.07, 6.45) is 4.41. The highest BCUT2D eigenvalue weighted by molar-refractivity contribution is 7.90. The van der Waals surface area contributed by atoms with Gasteiger partial charge in [0.2, 0.25) is 0 Å². The van der Waals surface area contributed by atoms with E-state index >= 15 is 0 Å². The van der Waals surface area contributed by atoms with Crippen LogP contribution in [0.4, 0.5) is 0 Å². The lowest BCUT2D eigenvalue weighted by atomic mass is 9.94. The molecule has 0 amide bonds. The summed E-state index contributed by atoms with van der Waals surface area (Å²) in [4.78, 5) is 7.41. The molecule has 2 unspecified atom stereocenters. The van der Waals surface area contributed by atoms with Crippen LogP contribution in [0.3, 0.4) is 0 Å². The molecule has 0 saturated carbocycles. The molecule has 2 N–H and O–H groups in total. The normalized spacial score (nSPS) is 20.2. The van der Waals surface area contributed by atoms with Gasteiger partial charge in [-0.05, 0) is 58.0 Å². The predicted molar refractivity (Wildman–Crippen MR) is 112 cm³/mol. The first-order valence-corrected chi connectivity index (χ1v) is 12.1. The maximum absolute atomic E-state index is 11.4. The van der Waals surface area contributed by atoms with Gasteiger partial charge in [0.25, 0.3) is 0 Å². The van der Waals surface area contributed by atoms with E-state index in [2.05, 4.69) is 36.3 Å². The van der Waals surface area contributed by atoms with Crippen LogP contribution in [0.1, 0.15) is 53.9 Å². The topological polar surface area (TPSA) is 73.8 Å². The first-order valence-electron chi connectivity index (χ1n) is 10.1. The molecule has 26 heavy (non-hydrogen) atoms. The quantitative estimate of drug-likeness (QED) is 0.467. The molecule has 1 rings (SSSR count). The summed E-state index contributed by atoms with van der Waals surface area (Å²) < 4.78 is 22.7. The van der Waals surface area contributed by atoms with Gasteiger partial charge in [-0.3, -0.25) is 9.89 Å². The molecule has 1 fully saturated rings. The fourth-order valence-electron chi connectivity index (χ4n) is 3.31. The van der Waals surface area contributed by atoms with E-state index in [1.54, 1.807) is 0 Å². The Morgan fingerprint density at radius 3 is 2.35 bits per heavy atom. The lowest BCUT2D eigenvalue weighted by Crippen LogP contribution is -2.47. The summed E-state index contributed by atoms with van der Waals surface area (Å²) in [5, 5.41) is 6.64. The number of nitrogens with zero attached hydrogens (tertiary/aromatic N) is 2. The number of sulfone groups is 1. The smallest absolute Gasteiger partial charge is 0.191 e. The van der Waals surface area contributed by atoms with Gasteiger partial charge >= 0.3 is 0 Å². The number of hydrogen-bond acceptors (Lipinski definition) is 4. The maximum atomic E-state index is 11.4. The Kier molecular flexibility index (Phi) is 9.93. The SMILES string of the molecule is CCNC(=NCC(C(C)C)N1CCC(C)CC1)NC(C)CCS(C)(=O)=O. The Morgan fingerprint density at radius 2 is 1.85 bits per heavy atom. The summed E-state index contributed by atoms with van der Waals surface area (Å²) in [5.74, 6) is 2.36. The molecule has 1 heterocycles. The van der Waals surface area contributed by atoms with Crippen LogP contribution in [0.5, 0.6) is 0 Å². The molecule has 0 aromatic carbocycles. The minimum Gasteiger partial charge on any atom is -0.357 e. The number of likely N-dealkylation sites (tertiary alicyclic amines) is 1. The van der Waals surface area contributed by atoms with Crippen LogP contribution in [0, 0.1) is 11.8 Å². The van der Waals surface area contributed by atoms with E-state index in [9.17, 15) is 8.42 Å². The predicted octanol–water partition coefficient (Wildman–Crippen LogP) is 2.12. The number of guanidine groups is 1. The highest BCUT2D eigenvalue weighted by Gasteiger charge is 2.25. The largest absolute Gasteiger partial charge is 0.357 e. The van der Waals surface area contributed by atoms with Crippen molar-refractivity contribution in [3.8, 4) is 0 Å². The third-order valence-corrected chi connectivity index (χ3v) is 6.12. The highest BCUT2D eigenvalue weighted by Crippen LogP contribution is 2.21. The van der Waals surface area contributed by atoms with Crippen molar-refractivity contribution >= 4 is 15.8 Å². The fraction of sp³-hybridized carbons (Fsp3) is 0.947. The van der Waals surface area contributed by atoms with Crippen LogP contribution in [0.25, 0.3) is 0 Å². The van der Waals surface area contributed by atoms with Crippen LogP contribution in [0.15, 0.2) is 4.99 Å². The van der Waals surface area contributed by atoms with Crippen LogP contribution in [-0.2, 0) is 9.84 Å². The summed E-state index contributed by atoms with van der Waals surface area (Å²) in [5.41, 5.74) is 0. The van der Waals surface area contributed by atoms with E-state index in [0.29, 0.717) is 18.4 Å². The van der Waals surface area contributed by atoms with Crippen molar-refractivity contribution in [3.63, 3.8) is 0 Å². The van der Waals surface area contributed by atoms with Gasteiger partial charge in [-0.1, -0.05) is 20.8 Å². The van der Waals surface area contributed by atoms with Crippen molar-refractivity contribution in [2.45, 2.75) is 66.0 Å². The van der Waals surface area contributed by atoms with Crippen molar-refractivity contribution in [3.05, 3.63) is 0 Å². The van der Waals surface area contributed by atoms with Crippen LogP contribution in [0.2, 0.25) is 0 Å². The van der Waals surface area contributed by atoms with E-state index < -0.39 is 9.84 Å². The summed E-state index contributed by atoms with van der Waals surface area (Å²) in [6.45, 7) is 14.8. The Labute approximate surface area is 161 Å². The van der Waals surface area contributed by atoms with E-state index in [4.69, 9.17) is 4.99 Å². The minimum absolute atomic E-state index is 0.0656. The number of hydrogen-bond donors (Lipinski definition) is 2. The minimum atomic E-state index is -2.93. The highest BCUT2D eigenvalue weighted by atomic mass is 32.2. The van der Waals surface area contributed by atoms with Crippen LogP contribution in [-0.4, -0.2) is 69.5 Å². The molecular weight excluding hydrogens is 348 g/mol. The average Bonchev–Trinajstić information content (AvgIpc) is 2.54. The fourth-order valence-corrected chi connectivity index (χ4v) is 4.09. The Hall–Kier alpha value is -0.820. The molecule has 1 aliphatic rings. The van der Waals surface area contributed by atoms with Gasteiger partial charge in [-0.15, -0.1) is 0 Å². The molecule has 7 heteroatoms. The van der Waals surface area contributed by atoms with Gasteiger partial charge in [0.1, 0.15) is 9.84 Å². The monoisotopic (exact) mass is 388 g/mol. The molecular formula is C19H40N4O2S. The zero-order chi connectivity index (χ0) is 19.7. The first-order chi connectivity index (χ1) is 12.1. The van der Waals surface area contributed by atoms with E-state index in [-0.39, 0.29) is 11.8 Å². The van der Waals surface area contributed by atoms with Gasteiger partial charge in [-0.2, -0.15) is 0 Å². The second-order valence-corrected chi connectivity index (χ2v) is 10.5.